The van der Waals surface area contributed by atoms with Crippen molar-refractivity contribution in [2.45, 2.75) is 6.92 Å². The van der Waals surface area contributed by atoms with Crippen molar-refractivity contribution in [1.29, 1.82) is 0 Å². The van der Waals surface area contributed by atoms with E-state index in [1.807, 2.05) is 66.9 Å². The Balaban J connectivity index is 1.97. The Bertz CT molecular complexity index is 1320. The van der Waals surface area contributed by atoms with Crippen LogP contribution in [0.3, 0.4) is 0 Å². The zero-order valence-electron chi connectivity index (χ0n) is 13.4. The first kappa shape index (κ1) is 14.3. The molecule has 0 aliphatic heterocycles. The summed E-state index contributed by atoms with van der Waals surface area (Å²) in [6.07, 6.45) is 0. The van der Waals surface area contributed by atoms with Crippen molar-refractivity contribution in [2.75, 3.05) is 0 Å². The summed E-state index contributed by atoms with van der Waals surface area (Å²) < 4.78 is 1.44. The number of aryl methyl sites for hydroxylation is 1. The molecule has 0 atom stereocenters. The topological polar surface area (TPSA) is 47.3 Å². The fourth-order valence-corrected chi connectivity index (χ4v) is 4.21. The third kappa shape index (κ3) is 2.03. The van der Waals surface area contributed by atoms with Gasteiger partial charge in [0.1, 0.15) is 4.83 Å². The van der Waals surface area contributed by atoms with Gasteiger partial charge in [0, 0.05) is 21.7 Å². The Hall–Kier alpha value is -3.05. The van der Waals surface area contributed by atoms with E-state index in [0.717, 1.165) is 32.4 Å². The van der Waals surface area contributed by atoms with Gasteiger partial charge in [0.25, 0.3) is 5.56 Å². The molecule has 3 heterocycles. The van der Waals surface area contributed by atoms with Gasteiger partial charge in [-0.05, 0) is 12.5 Å². The Morgan fingerprint density at radius 2 is 1.68 bits per heavy atom. The van der Waals surface area contributed by atoms with Gasteiger partial charge in [-0.2, -0.15) is 9.61 Å². The second-order valence-electron chi connectivity index (χ2n) is 5.98. The lowest BCUT2D eigenvalue weighted by molar-refractivity contribution is 0.868. The van der Waals surface area contributed by atoms with Crippen molar-refractivity contribution >= 4 is 38.0 Å². The molecule has 0 saturated heterocycles. The molecule has 5 aromatic rings. The molecule has 0 spiro atoms. The van der Waals surface area contributed by atoms with Crippen molar-refractivity contribution in [3.8, 4) is 11.1 Å². The summed E-state index contributed by atoms with van der Waals surface area (Å²) >= 11 is 1.50. The minimum Gasteiger partial charge on any atom is -0.267 e. The molecule has 0 radical (unpaired) electrons. The van der Waals surface area contributed by atoms with E-state index in [2.05, 4.69) is 5.10 Å². The van der Waals surface area contributed by atoms with E-state index in [1.54, 1.807) is 0 Å². The van der Waals surface area contributed by atoms with Gasteiger partial charge in [0.15, 0.2) is 5.65 Å². The SMILES string of the molecule is Cc1nn2c(=O)c3c(-c4ccccc4)csc3nc2c2ccccc12. The third-order valence-corrected chi connectivity index (χ3v) is 5.35. The number of hydrogen-bond acceptors (Lipinski definition) is 4. The Morgan fingerprint density at radius 1 is 0.960 bits per heavy atom. The lowest BCUT2D eigenvalue weighted by Crippen LogP contribution is -2.18. The predicted octanol–water partition coefficient (Wildman–Crippen LogP) is 4.43. The molecule has 0 bridgehead atoms. The molecule has 0 aliphatic carbocycles. The second-order valence-corrected chi connectivity index (χ2v) is 6.84. The number of thiophene rings is 1. The van der Waals surface area contributed by atoms with E-state index in [-0.39, 0.29) is 5.56 Å². The molecule has 0 saturated carbocycles. The van der Waals surface area contributed by atoms with Gasteiger partial charge in [-0.1, -0.05) is 54.6 Å². The summed E-state index contributed by atoms with van der Waals surface area (Å²) in [4.78, 5) is 18.7. The van der Waals surface area contributed by atoms with Gasteiger partial charge in [0.05, 0.1) is 11.1 Å². The summed E-state index contributed by atoms with van der Waals surface area (Å²) in [6, 6.07) is 17.9. The normalized spacial score (nSPS) is 11.6. The maximum Gasteiger partial charge on any atom is 0.283 e. The number of fused-ring (bicyclic) bond motifs is 4. The highest BCUT2D eigenvalue weighted by Gasteiger charge is 2.16. The Labute approximate surface area is 147 Å². The average Bonchev–Trinajstić information content (AvgIpc) is 3.08. The van der Waals surface area contributed by atoms with Crippen molar-refractivity contribution < 1.29 is 0 Å². The molecule has 120 valence electrons. The number of benzene rings is 2. The molecule has 0 amide bonds. The monoisotopic (exact) mass is 343 g/mol. The summed E-state index contributed by atoms with van der Waals surface area (Å²) in [5.74, 6) is 0. The number of nitrogens with zero attached hydrogens (tertiary/aromatic N) is 3. The van der Waals surface area contributed by atoms with Crippen LogP contribution in [-0.2, 0) is 0 Å². The van der Waals surface area contributed by atoms with Crippen LogP contribution in [0.5, 0.6) is 0 Å². The van der Waals surface area contributed by atoms with Crippen LogP contribution < -0.4 is 5.56 Å². The molecule has 5 rings (SSSR count). The van der Waals surface area contributed by atoms with Crippen molar-refractivity contribution in [3.05, 3.63) is 76.0 Å². The molecule has 3 aromatic heterocycles. The van der Waals surface area contributed by atoms with E-state index < -0.39 is 0 Å². The van der Waals surface area contributed by atoms with E-state index in [0.29, 0.717) is 11.0 Å². The summed E-state index contributed by atoms with van der Waals surface area (Å²) in [7, 11) is 0. The summed E-state index contributed by atoms with van der Waals surface area (Å²) in [6.45, 7) is 1.92. The largest absolute Gasteiger partial charge is 0.283 e. The first-order valence-corrected chi connectivity index (χ1v) is 8.87. The highest BCUT2D eigenvalue weighted by Crippen LogP contribution is 2.31. The zero-order chi connectivity index (χ0) is 17.0. The molecule has 0 unspecified atom stereocenters. The van der Waals surface area contributed by atoms with Gasteiger partial charge in [-0.25, -0.2) is 4.98 Å². The highest BCUT2D eigenvalue weighted by atomic mass is 32.1. The Kier molecular flexibility index (Phi) is 2.99. The molecule has 0 N–H and O–H groups in total. The molecular weight excluding hydrogens is 330 g/mol. The van der Waals surface area contributed by atoms with Crippen LogP contribution >= 0.6 is 11.3 Å². The smallest absolute Gasteiger partial charge is 0.267 e. The van der Waals surface area contributed by atoms with E-state index in [9.17, 15) is 4.79 Å². The summed E-state index contributed by atoms with van der Waals surface area (Å²) in [5.41, 5.74) is 3.25. The Morgan fingerprint density at radius 3 is 2.48 bits per heavy atom. The maximum absolute atomic E-state index is 13.2. The standard InChI is InChI=1S/C20H13N3OS/c1-12-14-9-5-6-10-15(14)18-21-19-17(20(24)23(18)22-12)16(11-25-19)13-7-3-2-4-8-13/h2-11H,1H3. The minimum absolute atomic E-state index is 0.117. The predicted molar refractivity (Wildman–Crippen MR) is 102 cm³/mol. The van der Waals surface area contributed by atoms with Crippen LogP contribution in [-0.4, -0.2) is 14.6 Å². The van der Waals surface area contributed by atoms with Crippen LogP contribution in [0, 0.1) is 6.92 Å². The van der Waals surface area contributed by atoms with Crippen molar-refractivity contribution in [1.82, 2.24) is 14.6 Å². The van der Waals surface area contributed by atoms with Crippen molar-refractivity contribution in [3.63, 3.8) is 0 Å². The summed E-state index contributed by atoms with van der Waals surface area (Å²) in [5, 5.41) is 9.12. The highest BCUT2D eigenvalue weighted by molar-refractivity contribution is 7.17. The zero-order valence-corrected chi connectivity index (χ0v) is 14.2. The maximum atomic E-state index is 13.2. The molecular formula is C20H13N3OS. The van der Waals surface area contributed by atoms with Gasteiger partial charge in [-0.3, -0.25) is 4.79 Å². The molecule has 2 aromatic carbocycles. The van der Waals surface area contributed by atoms with E-state index in [4.69, 9.17) is 4.98 Å². The molecule has 25 heavy (non-hydrogen) atoms. The van der Waals surface area contributed by atoms with Gasteiger partial charge < -0.3 is 0 Å². The van der Waals surface area contributed by atoms with Crippen molar-refractivity contribution in [2.24, 2.45) is 0 Å². The number of aromatic nitrogens is 3. The number of rotatable bonds is 1. The average molecular weight is 343 g/mol. The van der Waals surface area contributed by atoms with Crippen LogP contribution in [0.2, 0.25) is 0 Å². The fourth-order valence-electron chi connectivity index (χ4n) is 3.28. The van der Waals surface area contributed by atoms with Crippen LogP contribution in [0.15, 0.2) is 64.8 Å². The number of hydrogen-bond donors (Lipinski definition) is 0. The van der Waals surface area contributed by atoms with E-state index in [1.165, 1.54) is 15.9 Å². The minimum atomic E-state index is -0.117. The first-order chi connectivity index (χ1) is 12.2. The van der Waals surface area contributed by atoms with Crippen LogP contribution in [0.25, 0.3) is 37.8 Å². The van der Waals surface area contributed by atoms with Crippen LogP contribution in [0.1, 0.15) is 5.69 Å². The second kappa shape index (κ2) is 5.22. The molecule has 0 aliphatic rings. The molecule has 5 heteroatoms. The van der Waals surface area contributed by atoms with Gasteiger partial charge in [0.2, 0.25) is 0 Å². The quantitative estimate of drug-likeness (QED) is 0.423. The van der Waals surface area contributed by atoms with Gasteiger partial charge in [-0.15, -0.1) is 11.3 Å². The lowest BCUT2D eigenvalue weighted by Gasteiger charge is -2.07. The fraction of sp³-hybridized carbons (Fsp3) is 0.0500. The van der Waals surface area contributed by atoms with Gasteiger partial charge >= 0.3 is 0 Å². The third-order valence-electron chi connectivity index (χ3n) is 4.48. The van der Waals surface area contributed by atoms with Crippen LogP contribution in [0.4, 0.5) is 0 Å². The first-order valence-electron chi connectivity index (χ1n) is 7.99. The molecule has 0 fully saturated rings. The van der Waals surface area contributed by atoms with E-state index >= 15 is 0 Å². The molecule has 4 nitrogen and oxygen atoms in total. The lowest BCUT2D eigenvalue weighted by atomic mass is 10.1.